The number of nitrogens with one attached hydrogen (secondary N) is 1. The quantitative estimate of drug-likeness (QED) is 0.686. The summed E-state index contributed by atoms with van der Waals surface area (Å²) in [5.41, 5.74) is 5.05. The minimum atomic E-state index is -0.242. The summed E-state index contributed by atoms with van der Waals surface area (Å²) < 4.78 is 5.34. The molecular weight excluding hydrogens is 326 g/mol. The lowest BCUT2D eigenvalue weighted by atomic mass is 10.2. The average molecular weight is 344 g/mol. The van der Waals surface area contributed by atoms with Crippen LogP contribution in [0, 0.1) is 0 Å². The third kappa shape index (κ3) is 4.34. The molecule has 3 rings (SSSR count). The monoisotopic (exact) mass is 343 g/mol. The van der Waals surface area contributed by atoms with Gasteiger partial charge in [0.05, 0.1) is 19.4 Å². The number of hydrogen-bond donors (Lipinski definition) is 1. The number of nitrogens with zero attached hydrogens (tertiary/aromatic N) is 2. The highest BCUT2D eigenvalue weighted by atomic mass is 35.5. The summed E-state index contributed by atoms with van der Waals surface area (Å²) in [6.07, 6.45) is 1.58. The predicted octanol–water partition coefficient (Wildman–Crippen LogP) is 2.94. The van der Waals surface area contributed by atoms with Crippen LogP contribution in [0.2, 0.25) is 5.02 Å². The number of carbonyl (C=O) groups excluding carboxylic acids is 1. The fourth-order valence-electron chi connectivity index (χ4n) is 2.42. The fraction of sp³-hybridized carbons (Fsp3) is 0.222. The van der Waals surface area contributed by atoms with Gasteiger partial charge in [0.2, 0.25) is 0 Å². The van der Waals surface area contributed by atoms with Gasteiger partial charge in [0.15, 0.2) is 0 Å². The summed E-state index contributed by atoms with van der Waals surface area (Å²) in [6, 6.07) is 14.7. The van der Waals surface area contributed by atoms with E-state index >= 15 is 0 Å². The van der Waals surface area contributed by atoms with E-state index in [1.54, 1.807) is 30.5 Å². The van der Waals surface area contributed by atoms with Crippen LogP contribution in [-0.2, 0) is 4.74 Å². The van der Waals surface area contributed by atoms with E-state index in [4.69, 9.17) is 16.3 Å². The van der Waals surface area contributed by atoms with E-state index < -0.39 is 0 Å². The third-order valence-electron chi connectivity index (χ3n) is 3.76. The Morgan fingerprint density at radius 3 is 2.42 bits per heavy atom. The first-order chi connectivity index (χ1) is 11.7. The van der Waals surface area contributed by atoms with E-state index in [9.17, 15) is 4.79 Å². The van der Waals surface area contributed by atoms with Gasteiger partial charge in [0.25, 0.3) is 5.91 Å². The molecule has 124 valence electrons. The maximum absolute atomic E-state index is 12.1. The van der Waals surface area contributed by atoms with Gasteiger partial charge in [0.1, 0.15) is 0 Å². The number of ether oxygens (including phenoxy) is 1. The van der Waals surface area contributed by atoms with Crippen LogP contribution >= 0.6 is 11.6 Å². The molecule has 1 aliphatic rings. The van der Waals surface area contributed by atoms with Crippen molar-refractivity contribution < 1.29 is 9.53 Å². The summed E-state index contributed by atoms with van der Waals surface area (Å²) in [6.45, 7) is 3.22. The standard InChI is InChI=1S/C18H18ClN3O2/c19-16-5-1-14(2-6-16)13-20-21-18(23)15-3-7-17(8-4-15)22-9-11-24-12-10-22/h1-8,13H,9-12H2,(H,21,23)/b20-13+. The fourth-order valence-corrected chi connectivity index (χ4v) is 2.55. The van der Waals surface area contributed by atoms with Gasteiger partial charge in [-0.15, -0.1) is 0 Å². The summed E-state index contributed by atoms with van der Waals surface area (Å²) in [4.78, 5) is 14.3. The Kier molecular flexibility index (Phi) is 5.46. The van der Waals surface area contributed by atoms with Crippen LogP contribution < -0.4 is 10.3 Å². The molecule has 0 radical (unpaired) electrons. The molecular formula is C18H18ClN3O2. The van der Waals surface area contributed by atoms with Crippen molar-refractivity contribution in [3.63, 3.8) is 0 Å². The van der Waals surface area contributed by atoms with E-state index in [0.717, 1.165) is 37.6 Å². The lowest BCUT2D eigenvalue weighted by Gasteiger charge is -2.28. The molecule has 1 saturated heterocycles. The van der Waals surface area contributed by atoms with Gasteiger partial charge >= 0.3 is 0 Å². The zero-order valence-electron chi connectivity index (χ0n) is 13.1. The molecule has 0 unspecified atom stereocenters. The van der Waals surface area contributed by atoms with Gasteiger partial charge < -0.3 is 9.64 Å². The zero-order valence-corrected chi connectivity index (χ0v) is 13.9. The van der Waals surface area contributed by atoms with Crippen LogP contribution in [0.15, 0.2) is 53.6 Å². The highest BCUT2D eigenvalue weighted by molar-refractivity contribution is 6.30. The van der Waals surface area contributed by atoms with E-state index in [1.807, 2.05) is 24.3 Å². The SMILES string of the molecule is O=C(N/N=C/c1ccc(Cl)cc1)c1ccc(N2CCOCC2)cc1. The van der Waals surface area contributed by atoms with Crippen LogP contribution in [0.25, 0.3) is 0 Å². The zero-order chi connectivity index (χ0) is 16.8. The molecule has 0 saturated carbocycles. The van der Waals surface area contributed by atoms with Crippen molar-refractivity contribution in [2.45, 2.75) is 0 Å². The van der Waals surface area contributed by atoms with Crippen molar-refractivity contribution >= 4 is 29.4 Å². The van der Waals surface area contributed by atoms with E-state index in [-0.39, 0.29) is 5.91 Å². The molecule has 0 aromatic heterocycles. The number of halogens is 1. The van der Waals surface area contributed by atoms with Gasteiger partial charge in [-0.3, -0.25) is 4.79 Å². The lowest BCUT2D eigenvalue weighted by Crippen LogP contribution is -2.36. The molecule has 5 nitrogen and oxygen atoms in total. The van der Waals surface area contributed by atoms with E-state index in [2.05, 4.69) is 15.4 Å². The van der Waals surface area contributed by atoms with Crippen LogP contribution in [0.3, 0.4) is 0 Å². The highest BCUT2D eigenvalue weighted by Gasteiger charge is 2.11. The van der Waals surface area contributed by atoms with Crippen LogP contribution in [0.5, 0.6) is 0 Å². The molecule has 1 aliphatic heterocycles. The first kappa shape index (κ1) is 16.5. The first-order valence-electron chi connectivity index (χ1n) is 7.74. The Balaban J connectivity index is 1.57. The normalized spacial score (nSPS) is 14.8. The Morgan fingerprint density at radius 2 is 1.75 bits per heavy atom. The molecule has 0 atom stereocenters. The largest absolute Gasteiger partial charge is 0.378 e. The number of anilines is 1. The molecule has 1 N–H and O–H groups in total. The van der Waals surface area contributed by atoms with Crippen LogP contribution in [-0.4, -0.2) is 38.4 Å². The minimum Gasteiger partial charge on any atom is -0.378 e. The summed E-state index contributed by atoms with van der Waals surface area (Å²) >= 11 is 5.82. The topological polar surface area (TPSA) is 53.9 Å². The van der Waals surface area contributed by atoms with Gasteiger partial charge in [-0.25, -0.2) is 5.43 Å². The molecule has 2 aromatic carbocycles. The number of hydrogen-bond acceptors (Lipinski definition) is 4. The molecule has 2 aromatic rings. The number of hydrazone groups is 1. The van der Waals surface area contributed by atoms with Gasteiger partial charge in [-0.05, 0) is 42.0 Å². The lowest BCUT2D eigenvalue weighted by molar-refractivity contribution is 0.0955. The summed E-state index contributed by atoms with van der Waals surface area (Å²) in [7, 11) is 0. The molecule has 6 heteroatoms. The van der Waals surface area contributed by atoms with Crippen molar-refractivity contribution in [1.82, 2.24) is 5.43 Å². The summed E-state index contributed by atoms with van der Waals surface area (Å²) in [5, 5.41) is 4.63. The second kappa shape index (κ2) is 7.95. The molecule has 1 amide bonds. The Hall–Kier alpha value is -2.37. The smallest absolute Gasteiger partial charge is 0.271 e. The highest BCUT2D eigenvalue weighted by Crippen LogP contribution is 2.16. The Morgan fingerprint density at radius 1 is 1.08 bits per heavy atom. The van der Waals surface area contributed by atoms with E-state index in [1.165, 1.54) is 0 Å². The molecule has 1 heterocycles. The van der Waals surface area contributed by atoms with Crippen LogP contribution in [0.4, 0.5) is 5.69 Å². The molecule has 1 fully saturated rings. The second-order valence-electron chi connectivity index (χ2n) is 5.40. The maximum atomic E-state index is 12.1. The molecule has 0 aliphatic carbocycles. The van der Waals surface area contributed by atoms with Crippen LogP contribution in [0.1, 0.15) is 15.9 Å². The van der Waals surface area contributed by atoms with Gasteiger partial charge in [0, 0.05) is 29.4 Å². The van der Waals surface area contributed by atoms with Crippen molar-refractivity contribution in [1.29, 1.82) is 0 Å². The maximum Gasteiger partial charge on any atom is 0.271 e. The second-order valence-corrected chi connectivity index (χ2v) is 5.83. The Bertz CT molecular complexity index is 708. The van der Waals surface area contributed by atoms with E-state index in [0.29, 0.717) is 10.6 Å². The van der Waals surface area contributed by atoms with Crippen molar-refractivity contribution in [3.8, 4) is 0 Å². The van der Waals surface area contributed by atoms with Gasteiger partial charge in [-0.2, -0.15) is 5.10 Å². The number of rotatable bonds is 4. The minimum absolute atomic E-state index is 0.242. The number of carbonyl (C=O) groups is 1. The third-order valence-corrected chi connectivity index (χ3v) is 4.01. The first-order valence-corrected chi connectivity index (χ1v) is 8.12. The molecule has 24 heavy (non-hydrogen) atoms. The summed E-state index contributed by atoms with van der Waals surface area (Å²) in [5.74, 6) is -0.242. The number of benzene rings is 2. The van der Waals surface area contributed by atoms with Crippen molar-refractivity contribution in [3.05, 3.63) is 64.7 Å². The predicted molar refractivity (Wildman–Crippen MR) is 96.0 cm³/mol. The number of morpholine rings is 1. The Labute approximate surface area is 145 Å². The molecule has 0 bridgehead atoms. The van der Waals surface area contributed by atoms with Crippen molar-refractivity contribution in [2.75, 3.05) is 31.2 Å². The van der Waals surface area contributed by atoms with Crippen molar-refractivity contribution in [2.24, 2.45) is 5.10 Å². The molecule has 0 spiro atoms. The van der Waals surface area contributed by atoms with Gasteiger partial charge in [-0.1, -0.05) is 23.7 Å². The number of amides is 1. The average Bonchev–Trinajstić information content (AvgIpc) is 2.64.